The first-order chi connectivity index (χ1) is 7.09. The second kappa shape index (κ2) is 3.79. The van der Waals surface area contributed by atoms with Crippen LogP contribution < -0.4 is 0 Å². The molecule has 0 bridgehead atoms. The number of nitrogens with zero attached hydrogens (tertiary/aromatic N) is 1. The normalized spacial score (nSPS) is 10.5. The van der Waals surface area contributed by atoms with Crippen LogP contribution in [0.2, 0.25) is 5.02 Å². The molecule has 0 saturated carbocycles. The zero-order chi connectivity index (χ0) is 11.0. The van der Waals surface area contributed by atoms with Gasteiger partial charge in [0.25, 0.3) is 0 Å². The van der Waals surface area contributed by atoms with Gasteiger partial charge in [0, 0.05) is 26.5 Å². The van der Waals surface area contributed by atoms with Crippen LogP contribution in [0, 0.1) is 0 Å². The maximum atomic E-state index is 10.9. The summed E-state index contributed by atoms with van der Waals surface area (Å²) in [5.41, 5.74) is 0.0323. The summed E-state index contributed by atoms with van der Waals surface area (Å²) >= 11 is 9.13. The van der Waals surface area contributed by atoms with E-state index in [1.807, 2.05) is 0 Å². The van der Waals surface area contributed by atoms with Crippen LogP contribution in [0.25, 0.3) is 10.8 Å². The molecule has 1 N–H and O–H groups in total. The van der Waals surface area contributed by atoms with Gasteiger partial charge in [-0.1, -0.05) is 17.7 Å². The standard InChI is InChI=1S/C10H5BrClNO2/c11-8-4-13-9(10(14)15)6-2-1-5(12)3-7(6)8/h1-4H,(H,14,15). The predicted molar refractivity (Wildman–Crippen MR) is 61.4 cm³/mol. The fourth-order valence-electron chi connectivity index (χ4n) is 1.35. The van der Waals surface area contributed by atoms with Gasteiger partial charge in [-0.25, -0.2) is 9.78 Å². The molecule has 5 heteroatoms. The van der Waals surface area contributed by atoms with Gasteiger partial charge in [-0.05, 0) is 28.1 Å². The smallest absolute Gasteiger partial charge is 0.355 e. The highest BCUT2D eigenvalue weighted by Gasteiger charge is 2.11. The van der Waals surface area contributed by atoms with Gasteiger partial charge < -0.3 is 5.11 Å². The zero-order valence-electron chi connectivity index (χ0n) is 7.37. The van der Waals surface area contributed by atoms with Crippen LogP contribution in [-0.4, -0.2) is 16.1 Å². The van der Waals surface area contributed by atoms with E-state index in [0.717, 1.165) is 9.86 Å². The third-order valence-corrected chi connectivity index (χ3v) is 2.87. The minimum absolute atomic E-state index is 0.0323. The van der Waals surface area contributed by atoms with Crippen molar-refractivity contribution in [3.8, 4) is 0 Å². The molecule has 2 aromatic rings. The van der Waals surface area contributed by atoms with Gasteiger partial charge in [-0.15, -0.1) is 0 Å². The largest absolute Gasteiger partial charge is 0.476 e. The minimum atomic E-state index is -1.05. The molecule has 3 nitrogen and oxygen atoms in total. The van der Waals surface area contributed by atoms with Gasteiger partial charge in [0.2, 0.25) is 0 Å². The van der Waals surface area contributed by atoms with Gasteiger partial charge in [0.1, 0.15) is 0 Å². The van der Waals surface area contributed by atoms with Crippen molar-refractivity contribution in [3.05, 3.63) is 39.6 Å². The minimum Gasteiger partial charge on any atom is -0.476 e. The maximum absolute atomic E-state index is 10.9. The van der Waals surface area contributed by atoms with Gasteiger partial charge in [0.05, 0.1) is 0 Å². The number of carboxylic acids is 1. The Balaban J connectivity index is 2.88. The Hall–Kier alpha value is -1.13. The molecule has 0 amide bonds. The first-order valence-electron chi connectivity index (χ1n) is 4.06. The van der Waals surface area contributed by atoms with Crippen molar-refractivity contribution < 1.29 is 9.90 Å². The number of pyridine rings is 1. The van der Waals surface area contributed by atoms with Crippen LogP contribution in [0.4, 0.5) is 0 Å². The highest BCUT2D eigenvalue weighted by Crippen LogP contribution is 2.27. The number of carboxylic acid groups (broad SMARTS) is 1. The highest BCUT2D eigenvalue weighted by molar-refractivity contribution is 9.10. The first-order valence-corrected chi connectivity index (χ1v) is 5.24. The van der Waals surface area contributed by atoms with Crippen molar-refractivity contribution in [2.75, 3.05) is 0 Å². The molecule has 0 spiro atoms. The Morgan fingerprint density at radius 3 is 2.80 bits per heavy atom. The summed E-state index contributed by atoms with van der Waals surface area (Å²) in [4.78, 5) is 14.7. The predicted octanol–water partition coefficient (Wildman–Crippen LogP) is 3.35. The number of halogens is 2. The lowest BCUT2D eigenvalue weighted by atomic mass is 10.1. The van der Waals surface area contributed by atoms with Gasteiger partial charge in [0.15, 0.2) is 5.69 Å². The molecule has 0 unspecified atom stereocenters. The van der Waals surface area contributed by atoms with Crippen molar-refractivity contribution in [3.63, 3.8) is 0 Å². The maximum Gasteiger partial charge on any atom is 0.355 e. The van der Waals surface area contributed by atoms with E-state index in [2.05, 4.69) is 20.9 Å². The number of hydrogen-bond acceptors (Lipinski definition) is 2. The summed E-state index contributed by atoms with van der Waals surface area (Å²) in [7, 11) is 0. The van der Waals surface area contributed by atoms with E-state index in [9.17, 15) is 4.79 Å². The second-order valence-corrected chi connectivity index (χ2v) is 4.24. The second-order valence-electron chi connectivity index (χ2n) is 2.95. The van der Waals surface area contributed by atoms with Crippen LogP contribution in [0.15, 0.2) is 28.9 Å². The summed E-state index contributed by atoms with van der Waals surface area (Å²) in [5.74, 6) is -1.05. The van der Waals surface area contributed by atoms with Crippen LogP contribution in [0.1, 0.15) is 10.5 Å². The average Bonchev–Trinajstić information content (AvgIpc) is 2.19. The molecule has 2 rings (SSSR count). The molecule has 0 aliphatic rings. The molecular formula is C10H5BrClNO2. The molecule has 76 valence electrons. The van der Waals surface area contributed by atoms with Crippen molar-refractivity contribution in [1.29, 1.82) is 0 Å². The lowest BCUT2D eigenvalue weighted by molar-refractivity contribution is 0.0693. The summed E-state index contributed by atoms with van der Waals surface area (Å²) in [6, 6.07) is 5.00. The Morgan fingerprint density at radius 1 is 1.40 bits per heavy atom. The quantitative estimate of drug-likeness (QED) is 0.874. The Labute approximate surface area is 98.8 Å². The van der Waals surface area contributed by atoms with Crippen LogP contribution >= 0.6 is 27.5 Å². The van der Waals surface area contributed by atoms with E-state index in [0.29, 0.717) is 10.4 Å². The van der Waals surface area contributed by atoms with E-state index in [-0.39, 0.29) is 5.69 Å². The third kappa shape index (κ3) is 1.82. The van der Waals surface area contributed by atoms with E-state index in [1.165, 1.54) is 6.20 Å². The van der Waals surface area contributed by atoms with Crippen molar-refractivity contribution in [2.45, 2.75) is 0 Å². The van der Waals surface area contributed by atoms with E-state index >= 15 is 0 Å². The molecule has 0 atom stereocenters. The lowest BCUT2D eigenvalue weighted by Gasteiger charge is -2.03. The number of aromatic carboxylic acids is 1. The Bertz CT molecular complexity index is 556. The van der Waals surface area contributed by atoms with Gasteiger partial charge in [-0.3, -0.25) is 0 Å². The zero-order valence-corrected chi connectivity index (χ0v) is 9.71. The summed E-state index contributed by atoms with van der Waals surface area (Å²) in [6.45, 7) is 0. The SMILES string of the molecule is O=C(O)c1ncc(Br)c2cc(Cl)ccc12. The molecular weight excluding hydrogens is 281 g/mol. The summed E-state index contributed by atoms with van der Waals surface area (Å²) in [5, 5.41) is 10.8. The highest BCUT2D eigenvalue weighted by atomic mass is 79.9. The van der Waals surface area contributed by atoms with Gasteiger partial charge >= 0.3 is 5.97 Å². The van der Waals surface area contributed by atoms with Crippen molar-refractivity contribution in [2.24, 2.45) is 0 Å². The Morgan fingerprint density at radius 2 is 2.13 bits per heavy atom. The lowest BCUT2D eigenvalue weighted by Crippen LogP contribution is -2.01. The molecule has 15 heavy (non-hydrogen) atoms. The topological polar surface area (TPSA) is 50.2 Å². The number of rotatable bonds is 1. The van der Waals surface area contributed by atoms with E-state index < -0.39 is 5.97 Å². The molecule has 0 aliphatic heterocycles. The summed E-state index contributed by atoms with van der Waals surface area (Å²) < 4.78 is 0.727. The number of hydrogen-bond donors (Lipinski definition) is 1. The van der Waals surface area contributed by atoms with Crippen LogP contribution in [0.5, 0.6) is 0 Å². The van der Waals surface area contributed by atoms with Crippen molar-refractivity contribution >= 4 is 44.3 Å². The molecule has 0 aliphatic carbocycles. The third-order valence-electron chi connectivity index (χ3n) is 2.00. The van der Waals surface area contributed by atoms with Gasteiger partial charge in [-0.2, -0.15) is 0 Å². The summed E-state index contributed by atoms with van der Waals surface area (Å²) in [6.07, 6.45) is 1.46. The molecule has 0 fully saturated rings. The van der Waals surface area contributed by atoms with Crippen molar-refractivity contribution in [1.82, 2.24) is 4.98 Å². The molecule has 0 radical (unpaired) electrons. The Kier molecular flexibility index (Phi) is 2.63. The van der Waals surface area contributed by atoms with Crippen LogP contribution in [-0.2, 0) is 0 Å². The number of carbonyl (C=O) groups is 1. The number of fused-ring (bicyclic) bond motifs is 1. The van der Waals surface area contributed by atoms with E-state index in [4.69, 9.17) is 16.7 Å². The average molecular weight is 287 g/mol. The van der Waals surface area contributed by atoms with E-state index in [1.54, 1.807) is 18.2 Å². The molecule has 1 heterocycles. The van der Waals surface area contributed by atoms with Crippen LogP contribution in [0.3, 0.4) is 0 Å². The first kappa shape index (κ1) is 10.4. The number of aromatic nitrogens is 1. The molecule has 1 aromatic carbocycles. The number of benzene rings is 1. The fraction of sp³-hybridized carbons (Fsp3) is 0. The molecule has 1 aromatic heterocycles. The molecule has 0 saturated heterocycles. The monoisotopic (exact) mass is 285 g/mol. The fourth-order valence-corrected chi connectivity index (χ4v) is 1.95.